The van der Waals surface area contributed by atoms with Crippen LogP contribution in [0.3, 0.4) is 0 Å². The van der Waals surface area contributed by atoms with Gasteiger partial charge in [-0.2, -0.15) is 0 Å². The van der Waals surface area contributed by atoms with E-state index in [4.69, 9.17) is 0 Å². The van der Waals surface area contributed by atoms with E-state index in [-0.39, 0.29) is 0 Å². The summed E-state index contributed by atoms with van der Waals surface area (Å²) < 4.78 is 0. The molecule has 1 heteroatoms. The molecule has 0 aliphatic rings. The number of hydrogen-bond donors (Lipinski definition) is 1. The summed E-state index contributed by atoms with van der Waals surface area (Å²) in [6.45, 7) is 8.33. The number of phenolic OH excluding ortho intramolecular Hbond substituents is 1. The highest BCUT2D eigenvalue weighted by atomic mass is 16.3. The first-order valence-electron chi connectivity index (χ1n) is 6.39. The standard InChI is InChI=1S/C17H20O/c1-11(2)15-10-16(13(4)9-17(15)18)14-7-5-12(3)6-8-14/h5-11,18H,1-4H3. The maximum absolute atomic E-state index is 9.98. The number of hydrogen-bond acceptors (Lipinski definition) is 1. The second-order valence-corrected chi connectivity index (χ2v) is 5.25. The Balaban J connectivity index is 2.57. The van der Waals surface area contributed by atoms with Gasteiger partial charge in [-0.05, 0) is 54.2 Å². The van der Waals surface area contributed by atoms with Crippen LogP contribution in [0.5, 0.6) is 5.75 Å². The summed E-state index contributed by atoms with van der Waals surface area (Å²) in [6.07, 6.45) is 0. The Bertz CT molecular complexity index is 551. The molecule has 2 aromatic carbocycles. The molecule has 0 heterocycles. The maximum atomic E-state index is 9.98. The van der Waals surface area contributed by atoms with Gasteiger partial charge in [-0.1, -0.05) is 43.7 Å². The van der Waals surface area contributed by atoms with E-state index < -0.39 is 0 Å². The third-order valence-electron chi connectivity index (χ3n) is 3.36. The van der Waals surface area contributed by atoms with Gasteiger partial charge in [0, 0.05) is 0 Å². The highest BCUT2D eigenvalue weighted by Crippen LogP contribution is 2.33. The summed E-state index contributed by atoms with van der Waals surface area (Å²) in [5.74, 6) is 0.730. The minimum atomic E-state index is 0.329. The first-order valence-corrected chi connectivity index (χ1v) is 6.39. The predicted octanol–water partition coefficient (Wildman–Crippen LogP) is 4.80. The maximum Gasteiger partial charge on any atom is 0.119 e. The van der Waals surface area contributed by atoms with Crippen LogP contribution in [0, 0.1) is 13.8 Å². The van der Waals surface area contributed by atoms with E-state index in [9.17, 15) is 5.11 Å². The van der Waals surface area contributed by atoms with Crippen LogP contribution in [0.4, 0.5) is 0 Å². The van der Waals surface area contributed by atoms with Gasteiger partial charge in [0.05, 0.1) is 0 Å². The molecule has 1 N–H and O–H groups in total. The summed E-state index contributed by atoms with van der Waals surface area (Å²) in [7, 11) is 0. The molecule has 0 aliphatic carbocycles. The third-order valence-corrected chi connectivity index (χ3v) is 3.36. The summed E-state index contributed by atoms with van der Waals surface area (Å²) in [4.78, 5) is 0. The van der Waals surface area contributed by atoms with Gasteiger partial charge in [-0.3, -0.25) is 0 Å². The Hall–Kier alpha value is -1.76. The molecule has 1 nitrogen and oxygen atoms in total. The largest absolute Gasteiger partial charge is 0.508 e. The SMILES string of the molecule is Cc1ccc(-c2cc(C(C)C)c(O)cc2C)cc1. The van der Waals surface area contributed by atoms with Crippen molar-refractivity contribution in [2.24, 2.45) is 0 Å². The molecule has 94 valence electrons. The topological polar surface area (TPSA) is 20.2 Å². The van der Waals surface area contributed by atoms with Crippen LogP contribution in [0.15, 0.2) is 36.4 Å². The minimum Gasteiger partial charge on any atom is -0.508 e. The summed E-state index contributed by atoms with van der Waals surface area (Å²) in [5.41, 5.74) is 5.80. The molecule has 0 radical (unpaired) electrons. The van der Waals surface area contributed by atoms with Gasteiger partial charge in [-0.15, -0.1) is 0 Å². The first-order chi connectivity index (χ1) is 8.49. The molecule has 0 saturated heterocycles. The Morgan fingerprint density at radius 2 is 1.56 bits per heavy atom. The van der Waals surface area contributed by atoms with E-state index in [1.807, 2.05) is 13.0 Å². The van der Waals surface area contributed by atoms with Crippen molar-refractivity contribution in [3.8, 4) is 16.9 Å². The summed E-state index contributed by atoms with van der Waals surface area (Å²) >= 11 is 0. The zero-order valence-electron chi connectivity index (χ0n) is 11.5. The predicted molar refractivity (Wildman–Crippen MR) is 77.1 cm³/mol. The van der Waals surface area contributed by atoms with E-state index in [0.717, 1.165) is 11.1 Å². The number of benzene rings is 2. The van der Waals surface area contributed by atoms with Crippen LogP contribution in [0.2, 0.25) is 0 Å². The zero-order chi connectivity index (χ0) is 13.3. The van der Waals surface area contributed by atoms with Crippen molar-refractivity contribution in [2.45, 2.75) is 33.6 Å². The number of aromatic hydroxyl groups is 1. The molecule has 0 saturated carbocycles. The van der Waals surface area contributed by atoms with Gasteiger partial charge in [0.1, 0.15) is 5.75 Å². The second-order valence-electron chi connectivity index (χ2n) is 5.25. The fraction of sp³-hybridized carbons (Fsp3) is 0.294. The van der Waals surface area contributed by atoms with Crippen molar-refractivity contribution in [2.75, 3.05) is 0 Å². The Kier molecular flexibility index (Phi) is 3.42. The van der Waals surface area contributed by atoms with Crippen molar-refractivity contribution >= 4 is 0 Å². The van der Waals surface area contributed by atoms with E-state index in [1.165, 1.54) is 16.7 Å². The van der Waals surface area contributed by atoms with E-state index in [2.05, 4.69) is 51.1 Å². The van der Waals surface area contributed by atoms with Gasteiger partial charge < -0.3 is 5.11 Å². The van der Waals surface area contributed by atoms with E-state index >= 15 is 0 Å². The second kappa shape index (κ2) is 4.85. The lowest BCUT2D eigenvalue weighted by Gasteiger charge is -2.14. The monoisotopic (exact) mass is 240 g/mol. The number of aryl methyl sites for hydroxylation is 2. The lowest BCUT2D eigenvalue weighted by molar-refractivity contribution is 0.464. The molecule has 2 rings (SSSR count). The molecule has 0 atom stereocenters. The van der Waals surface area contributed by atoms with Crippen molar-refractivity contribution < 1.29 is 5.11 Å². The molecule has 0 bridgehead atoms. The molecule has 0 unspecified atom stereocenters. The van der Waals surface area contributed by atoms with Crippen molar-refractivity contribution in [3.63, 3.8) is 0 Å². The fourth-order valence-corrected chi connectivity index (χ4v) is 2.22. The molecule has 0 spiro atoms. The molecule has 0 amide bonds. The van der Waals surface area contributed by atoms with Crippen molar-refractivity contribution in [1.82, 2.24) is 0 Å². The van der Waals surface area contributed by atoms with E-state index in [1.54, 1.807) is 0 Å². The Labute approximate surface area is 109 Å². The number of rotatable bonds is 2. The van der Waals surface area contributed by atoms with Crippen LogP contribution in [-0.4, -0.2) is 5.11 Å². The van der Waals surface area contributed by atoms with Crippen molar-refractivity contribution in [1.29, 1.82) is 0 Å². The quantitative estimate of drug-likeness (QED) is 0.799. The molecule has 0 aromatic heterocycles. The Morgan fingerprint density at radius 1 is 0.944 bits per heavy atom. The smallest absolute Gasteiger partial charge is 0.119 e. The van der Waals surface area contributed by atoms with Crippen molar-refractivity contribution in [3.05, 3.63) is 53.1 Å². The lowest BCUT2D eigenvalue weighted by Crippen LogP contribution is -1.92. The lowest BCUT2D eigenvalue weighted by atomic mass is 9.93. The van der Waals surface area contributed by atoms with Crippen LogP contribution in [0.1, 0.15) is 36.5 Å². The van der Waals surface area contributed by atoms with E-state index in [0.29, 0.717) is 11.7 Å². The van der Waals surface area contributed by atoms with Gasteiger partial charge >= 0.3 is 0 Å². The first kappa shape index (κ1) is 12.7. The molecular formula is C17H20O. The van der Waals surface area contributed by atoms with Gasteiger partial charge in [0.15, 0.2) is 0 Å². The van der Waals surface area contributed by atoms with Gasteiger partial charge in [0.25, 0.3) is 0 Å². The highest BCUT2D eigenvalue weighted by Gasteiger charge is 2.10. The Morgan fingerprint density at radius 3 is 2.11 bits per heavy atom. The molecule has 0 fully saturated rings. The van der Waals surface area contributed by atoms with Gasteiger partial charge in [0.2, 0.25) is 0 Å². The van der Waals surface area contributed by atoms with Crippen LogP contribution in [-0.2, 0) is 0 Å². The van der Waals surface area contributed by atoms with Crippen LogP contribution in [0.25, 0.3) is 11.1 Å². The van der Waals surface area contributed by atoms with Crippen LogP contribution < -0.4 is 0 Å². The average Bonchev–Trinajstić information content (AvgIpc) is 2.30. The molecular weight excluding hydrogens is 220 g/mol. The highest BCUT2D eigenvalue weighted by molar-refractivity contribution is 5.70. The average molecular weight is 240 g/mol. The van der Waals surface area contributed by atoms with Crippen LogP contribution >= 0.6 is 0 Å². The summed E-state index contributed by atoms with van der Waals surface area (Å²) in [5, 5.41) is 9.98. The third kappa shape index (κ3) is 2.40. The molecule has 0 aliphatic heterocycles. The molecule has 2 aromatic rings. The minimum absolute atomic E-state index is 0.329. The summed E-state index contributed by atoms with van der Waals surface area (Å²) in [6, 6.07) is 12.5. The fourth-order valence-electron chi connectivity index (χ4n) is 2.22. The van der Waals surface area contributed by atoms with Gasteiger partial charge in [-0.25, -0.2) is 0 Å². The number of phenols is 1. The zero-order valence-corrected chi connectivity index (χ0v) is 11.5. The normalized spacial score (nSPS) is 10.9. The molecule has 18 heavy (non-hydrogen) atoms.